The van der Waals surface area contributed by atoms with Crippen molar-refractivity contribution in [2.45, 2.75) is 51.2 Å². The van der Waals surface area contributed by atoms with Crippen molar-refractivity contribution >= 4 is 35.5 Å². The van der Waals surface area contributed by atoms with Gasteiger partial charge in [0, 0.05) is 0 Å². The molecule has 1 aromatic carbocycles. The maximum absolute atomic E-state index is 12.7. The fraction of sp³-hybridized carbons (Fsp3) is 0.545. The standard InChI is InChI=1S/C22H34N4O6S/c1-4-13(2)19(26-20(29)16(23)11-14-5-7-15(27)8-6-14)21(30)24-12-18(28)25-17(22(31)32)9-10-33-3/h5-8,13,16-17,19,27H,4,9-12,23H2,1-3H3,(H,24,30)(H,25,28)(H,26,29)(H,31,32). The first-order chi connectivity index (χ1) is 15.6. The van der Waals surface area contributed by atoms with Crippen LogP contribution in [-0.4, -0.2) is 70.6 Å². The van der Waals surface area contributed by atoms with Gasteiger partial charge in [0.1, 0.15) is 17.8 Å². The lowest BCUT2D eigenvalue weighted by atomic mass is 9.97. The monoisotopic (exact) mass is 482 g/mol. The van der Waals surface area contributed by atoms with Crippen molar-refractivity contribution < 1.29 is 29.4 Å². The third-order valence-electron chi connectivity index (χ3n) is 5.19. The van der Waals surface area contributed by atoms with Crippen LogP contribution in [0.1, 0.15) is 32.3 Å². The van der Waals surface area contributed by atoms with Crippen LogP contribution in [0.2, 0.25) is 0 Å². The van der Waals surface area contributed by atoms with Crippen molar-refractivity contribution in [3.8, 4) is 5.75 Å². The van der Waals surface area contributed by atoms with Gasteiger partial charge in [-0.1, -0.05) is 32.4 Å². The zero-order chi connectivity index (χ0) is 25.0. The van der Waals surface area contributed by atoms with Gasteiger partial charge in [0.15, 0.2) is 0 Å². The van der Waals surface area contributed by atoms with Gasteiger partial charge in [0.05, 0.1) is 12.6 Å². The Morgan fingerprint density at radius 2 is 1.73 bits per heavy atom. The average Bonchev–Trinajstić information content (AvgIpc) is 2.79. The Morgan fingerprint density at radius 3 is 2.27 bits per heavy atom. The van der Waals surface area contributed by atoms with E-state index in [1.807, 2.05) is 13.2 Å². The number of amides is 3. The van der Waals surface area contributed by atoms with Gasteiger partial charge in [0.2, 0.25) is 17.7 Å². The highest BCUT2D eigenvalue weighted by atomic mass is 32.2. The van der Waals surface area contributed by atoms with E-state index in [1.165, 1.54) is 23.9 Å². The number of carboxylic acid groups (broad SMARTS) is 1. The molecule has 0 bridgehead atoms. The lowest BCUT2D eigenvalue weighted by molar-refractivity contribution is -0.141. The molecule has 0 fully saturated rings. The summed E-state index contributed by atoms with van der Waals surface area (Å²) in [6, 6.07) is 3.45. The maximum atomic E-state index is 12.7. The number of phenolic OH excluding ortho intramolecular Hbond substituents is 1. The predicted molar refractivity (Wildman–Crippen MR) is 127 cm³/mol. The summed E-state index contributed by atoms with van der Waals surface area (Å²) in [5.41, 5.74) is 6.75. The van der Waals surface area contributed by atoms with Crippen molar-refractivity contribution in [2.24, 2.45) is 11.7 Å². The highest BCUT2D eigenvalue weighted by Crippen LogP contribution is 2.12. The third kappa shape index (κ3) is 10.1. The smallest absolute Gasteiger partial charge is 0.326 e. The lowest BCUT2D eigenvalue weighted by Crippen LogP contribution is -2.56. The molecule has 4 atom stereocenters. The summed E-state index contributed by atoms with van der Waals surface area (Å²) in [5, 5.41) is 26.1. The van der Waals surface area contributed by atoms with Crippen LogP contribution in [0, 0.1) is 5.92 Å². The van der Waals surface area contributed by atoms with Crippen LogP contribution in [0.4, 0.5) is 0 Å². The van der Waals surface area contributed by atoms with E-state index in [0.717, 1.165) is 5.56 Å². The number of nitrogens with one attached hydrogen (secondary N) is 3. The molecule has 33 heavy (non-hydrogen) atoms. The van der Waals surface area contributed by atoms with E-state index in [1.54, 1.807) is 19.1 Å². The molecule has 0 aromatic heterocycles. The number of benzene rings is 1. The molecule has 0 aliphatic rings. The van der Waals surface area contributed by atoms with Gasteiger partial charge in [-0.3, -0.25) is 14.4 Å². The largest absolute Gasteiger partial charge is 0.508 e. The van der Waals surface area contributed by atoms with Gasteiger partial charge in [-0.15, -0.1) is 0 Å². The number of carboxylic acids is 1. The highest BCUT2D eigenvalue weighted by molar-refractivity contribution is 7.98. The first-order valence-corrected chi connectivity index (χ1v) is 12.1. The highest BCUT2D eigenvalue weighted by Gasteiger charge is 2.28. The van der Waals surface area contributed by atoms with Gasteiger partial charge in [0.25, 0.3) is 0 Å². The Hall–Kier alpha value is -2.79. The summed E-state index contributed by atoms with van der Waals surface area (Å²) in [7, 11) is 0. The SMILES string of the molecule is CCC(C)C(NC(=O)C(N)Cc1ccc(O)cc1)C(=O)NCC(=O)NC(CCSC)C(=O)O. The second kappa shape index (κ2) is 14.4. The lowest BCUT2D eigenvalue weighted by Gasteiger charge is -2.25. The van der Waals surface area contributed by atoms with Crippen LogP contribution in [0.3, 0.4) is 0 Å². The second-order valence-corrected chi connectivity index (χ2v) is 8.79. The first kappa shape index (κ1) is 28.2. The normalized spacial score (nSPS) is 14.4. The molecule has 0 spiro atoms. The average molecular weight is 483 g/mol. The quantitative estimate of drug-likeness (QED) is 0.219. The molecular formula is C22H34N4O6S. The minimum Gasteiger partial charge on any atom is -0.508 e. The summed E-state index contributed by atoms with van der Waals surface area (Å²) in [6.45, 7) is 3.24. The fourth-order valence-corrected chi connectivity index (χ4v) is 3.43. The Bertz CT molecular complexity index is 805. The van der Waals surface area contributed by atoms with E-state index in [-0.39, 0.29) is 24.5 Å². The van der Waals surface area contributed by atoms with Gasteiger partial charge < -0.3 is 31.9 Å². The molecule has 0 aliphatic heterocycles. The Morgan fingerprint density at radius 1 is 1.09 bits per heavy atom. The van der Waals surface area contributed by atoms with Gasteiger partial charge >= 0.3 is 5.97 Å². The van der Waals surface area contributed by atoms with Crippen molar-refractivity contribution in [3.63, 3.8) is 0 Å². The van der Waals surface area contributed by atoms with Crippen LogP contribution >= 0.6 is 11.8 Å². The molecule has 1 aromatic rings. The van der Waals surface area contributed by atoms with E-state index in [4.69, 9.17) is 5.73 Å². The van der Waals surface area contributed by atoms with E-state index in [9.17, 15) is 29.4 Å². The maximum Gasteiger partial charge on any atom is 0.326 e. The summed E-state index contributed by atoms with van der Waals surface area (Å²) in [4.78, 5) is 48.7. The molecule has 1 rings (SSSR count). The number of thioether (sulfide) groups is 1. The molecule has 11 heteroatoms. The van der Waals surface area contributed by atoms with E-state index >= 15 is 0 Å². The number of hydrogen-bond acceptors (Lipinski definition) is 7. The van der Waals surface area contributed by atoms with Crippen LogP contribution in [0.25, 0.3) is 0 Å². The van der Waals surface area contributed by atoms with Crippen molar-refractivity contribution in [1.29, 1.82) is 0 Å². The van der Waals surface area contributed by atoms with Crippen molar-refractivity contribution in [2.75, 3.05) is 18.6 Å². The molecular weight excluding hydrogens is 448 g/mol. The molecule has 0 aliphatic carbocycles. The second-order valence-electron chi connectivity index (χ2n) is 7.81. The number of hydrogen-bond donors (Lipinski definition) is 6. The predicted octanol–water partition coefficient (Wildman–Crippen LogP) is 0.232. The first-order valence-electron chi connectivity index (χ1n) is 10.7. The number of aromatic hydroxyl groups is 1. The fourth-order valence-electron chi connectivity index (χ4n) is 2.96. The number of carbonyl (C=O) groups is 4. The molecule has 0 heterocycles. The summed E-state index contributed by atoms with van der Waals surface area (Å²) < 4.78 is 0. The number of nitrogens with two attached hydrogens (primary N) is 1. The number of phenols is 1. The molecule has 184 valence electrons. The van der Waals surface area contributed by atoms with Crippen molar-refractivity contribution in [3.05, 3.63) is 29.8 Å². The molecule has 3 amide bonds. The Kier molecular flexibility index (Phi) is 12.3. The van der Waals surface area contributed by atoms with Gasteiger partial charge in [-0.05, 0) is 48.5 Å². The van der Waals surface area contributed by atoms with Gasteiger partial charge in [-0.2, -0.15) is 11.8 Å². The minimum absolute atomic E-state index is 0.105. The van der Waals surface area contributed by atoms with E-state index in [0.29, 0.717) is 12.2 Å². The molecule has 0 saturated carbocycles. The number of rotatable bonds is 14. The number of aliphatic carboxylic acids is 1. The van der Waals surface area contributed by atoms with E-state index < -0.39 is 48.4 Å². The zero-order valence-corrected chi connectivity index (χ0v) is 20.0. The van der Waals surface area contributed by atoms with Crippen LogP contribution in [0.5, 0.6) is 5.75 Å². The number of carbonyl (C=O) groups excluding carboxylic acids is 3. The van der Waals surface area contributed by atoms with Crippen molar-refractivity contribution in [1.82, 2.24) is 16.0 Å². The molecule has 4 unspecified atom stereocenters. The Labute approximate surface area is 198 Å². The zero-order valence-electron chi connectivity index (χ0n) is 19.2. The summed E-state index contributed by atoms with van der Waals surface area (Å²) >= 11 is 1.47. The molecule has 0 saturated heterocycles. The minimum atomic E-state index is -1.14. The van der Waals surface area contributed by atoms with Gasteiger partial charge in [-0.25, -0.2) is 4.79 Å². The van der Waals surface area contributed by atoms with Crippen LogP contribution < -0.4 is 21.7 Å². The Balaban J connectivity index is 2.68. The molecule has 10 nitrogen and oxygen atoms in total. The van der Waals surface area contributed by atoms with Crippen LogP contribution in [-0.2, 0) is 25.6 Å². The molecule has 7 N–H and O–H groups in total. The van der Waals surface area contributed by atoms with E-state index in [2.05, 4.69) is 16.0 Å². The summed E-state index contributed by atoms with van der Waals surface area (Å²) in [5.74, 6) is -2.40. The topological polar surface area (TPSA) is 171 Å². The summed E-state index contributed by atoms with van der Waals surface area (Å²) in [6.07, 6.45) is 2.91. The van der Waals surface area contributed by atoms with Crippen LogP contribution in [0.15, 0.2) is 24.3 Å². The third-order valence-corrected chi connectivity index (χ3v) is 5.83. The molecule has 0 radical (unpaired) electrons.